The molecule has 1 fully saturated rings. The van der Waals surface area contributed by atoms with E-state index in [4.69, 9.17) is 5.73 Å². The summed E-state index contributed by atoms with van der Waals surface area (Å²) in [6, 6.07) is 3.70. The lowest BCUT2D eigenvalue weighted by molar-refractivity contribution is -0.159. The number of primary amides is 1. The molecule has 10 heteroatoms. The van der Waals surface area contributed by atoms with Crippen molar-refractivity contribution < 1.29 is 34.8 Å². The van der Waals surface area contributed by atoms with Crippen LogP contribution in [0.2, 0.25) is 0 Å². The molecule has 0 spiro atoms. The van der Waals surface area contributed by atoms with E-state index < -0.39 is 63.6 Å². The molecule has 0 heterocycles. The summed E-state index contributed by atoms with van der Waals surface area (Å²) in [6.07, 6.45) is -0.142. The van der Waals surface area contributed by atoms with Crippen LogP contribution in [0.5, 0.6) is 0 Å². The van der Waals surface area contributed by atoms with Crippen LogP contribution < -0.4 is 11.1 Å². The third-order valence-electron chi connectivity index (χ3n) is 7.29. The number of nitrogens with two attached hydrogens (primary N) is 1. The van der Waals surface area contributed by atoms with Crippen LogP contribution in [0.1, 0.15) is 24.5 Å². The number of rotatable bonds is 3. The normalized spacial score (nSPS) is 33.6. The fourth-order valence-corrected chi connectivity index (χ4v) is 5.79. The first-order chi connectivity index (χ1) is 15.3. The lowest BCUT2D eigenvalue weighted by Gasteiger charge is -2.53. The standard InChI is InChI=1S/C23H27N3O7/c1-22(32)10-8-11-16(26(3)4)18(28)14(21(24)31)20(30)23(11,33)19(29)13(10)17(27)9-6-5-7-12(25-2)15(9)22/h5-7,10-11,16,25,27,30,32-33H,8H2,1-4H3,(H2,24,31)/t10-,11-,16-,22-,23-/m0/s1. The first-order valence-corrected chi connectivity index (χ1v) is 10.5. The van der Waals surface area contributed by atoms with Crippen molar-refractivity contribution in [1.29, 1.82) is 0 Å². The molecule has 3 aliphatic rings. The highest BCUT2D eigenvalue weighted by atomic mass is 16.3. The molecule has 0 unspecified atom stereocenters. The van der Waals surface area contributed by atoms with Gasteiger partial charge in [-0.25, -0.2) is 0 Å². The highest BCUT2D eigenvalue weighted by Gasteiger charge is 2.66. The zero-order chi connectivity index (χ0) is 24.6. The summed E-state index contributed by atoms with van der Waals surface area (Å²) in [4.78, 5) is 40.3. The van der Waals surface area contributed by atoms with Crippen LogP contribution in [0, 0.1) is 11.8 Å². The van der Waals surface area contributed by atoms with Gasteiger partial charge in [-0.3, -0.25) is 19.3 Å². The number of likely N-dealkylation sites (N-methyl/N-ethyl adjacent to an activating group) is 1. The van der Waals surface area contributed by atoms with Gasteiger partial charge in [0.15, 0.2) is 11.4 Å². The van der Waals surface area contributed by atoms with E-state index in [0.717, 1.165) is 0 Å². The summed E-state index contributed by atoms with van der Waals surface area (Å²) in [7, 11) is 4.72. The smallest absolute Gasteiger partial charge is 0.255 e. The van der Waals surface area contributed by atoms with E-state index in [1.807, 2.05) is 0 Å². The Hall–Kier alpha value is -3.21. The van der Waals surface area contributed by atoms with Gasteiger partial charge in [-0.1, -0.05) is 12.1 Å². The zero-order valence-corrected chi connectivity index (χ0v) is 18.7. The molecule has 1 aromatic carbocycles. The molecule has 5 atom stereocenters. The fraction of sp³-hybridized carbons (Fsp3) is 0.435. The molecule has 0 radical (unpaired) electrons. The number of ketones is 2. The van der Waals surface area contributed by atoms with Crippen molar-refractivity contribution in [2.75, 3.05) is 26.5 Å². The third kappa shape index (κ3) is 2.74. The number of aliphatic hydroxyl groups excluding tert-OH is 2. The topological polar surface area (TPSA) is 173 Å². The first kappa shape index (κ1) is 23.0. The lowest BCUT2D eigenvalue weighted by atomic mass is 9.54. The predicted molar refractivity (Wildman–Crippen MR) is 118 cm³/mol. The van der Waals surface area contributed by atoms with Gasteiger partial charge in [0.2, 0.25) is 5.78 Å². The summed E-state index contributed by atoms with van der Waals surface area (Å²) in [5, 5.41) is 48.1. The number of amides is 1. The summed E-state index contributed by atoms with van der Waals surface area (Å²) in [6.45, 7) is 1.50. The number of aliphatic hydroxyl groups is 4. The Morgan fingerprint density at radius 1 is 1.21 bits per heavy atom. The summed E-state index contributed by atoms with van der Waals surface area (Å²) in [5.74, 6) is -6.97. The molecule has 0 saturated heterocycles. The Kier molecular flexibility index (Phi) is 4.97. The van der Waals surface area contributed by atoms with Gasteiger partial charge in [-0.15, -0.1) is 0 Å². The Bertz CT molecular complexity index is 1170. The molecule has 0 aromatic heterocycles. The molecule has 3 aliphatic carbocycles. The van der Waals surface area contributed by atoms with Gasteiger partial charge < -0.3 is 31.5 Å². The Morgan fingerprint density at radius 3 is 2.39 bits per heavy atom. The van der Waals surface area contributed by atoms with Crippen molar-refractivity contribution in [3.05, 3.63) is 46.2 Å². The monoisotopic (exact) mass is 457 g/mol. The van der Waals surface area contributed by atoms with Gasteiger partial charge in [0.1, 0.15) is 17.1 Å². The molecule has 10 nitrogen and oxygen atoms in total. The maximum atomic E-state index is 13.8. The van der Waals surface area contributed by atoms with E-state index in [9.17, 15) is 34.8 Å². The van der Waals surface area contributed by atoms with Crippen molar-refractivity contribution in [2.45, 2.75) is 30.6 Å². The van der Waals surface area contributed by atoms with Crippen LogP contribution in [-0.2, 0) is 20.0 Å². The average Bonchev–Trinajstić information content (AvgIpc) is 2.73. The van der Waals surface area contributed by atoms with Gasteiger partial charge >= 0.3 is 0 Å². The number of hydrogen-bond acceptors (Lipinski definition) is 9. The molecule has 0 bridgehead atoms. The van der Waals surface area contributed by atoms with Crippen LogP contribution in [0.15, 0.2) is 35.1 Å². The number of benzene rings is 1. The highest BCUT2D eigenvalue weighted by molar-refractivity contribution is 6.24. The van der Waals surface area contributed by atoms with Crippen molar-refractivity contribution in [2.24, 2.45) is 17.6 Å². The van der Waals surface area contributed by atoms with Crippen molar-refractivity contribution in [3.63, 3.8) is 0 Å². The molecule has 0 aliphatic heterocycles. The molecule has 33 heavy (non-hydrogen) atoms. The maximum Gasteiger partial charge on any atom is 0.255 e. The number of fused-ring (bicyclic) bond motifs is 3. The quantitative estimate of drug-likeness (QED) is 0.341. The van der Waals surface area contributed by atoms with E-state index in [2.05, 4.69) is 5.32 Å². The molecular weight excluding hydrogens is 430 g/mol. The van der Waals surface area contributed by atoms with Gasteiger partial charge in [0.05, 0.1) is 11.6 Å². The Labute approximate surface area is 190 Å². The first-order valence-electron chi connectivity index (χ1n) is 10.5. The van der Waals surface area contributed by atoms with Crippen LogP contribution in [0.25, 0.3) is 5.76 Å². The molecule has 1 saturated carbocycles. The van der Waals surface area contributed by atoms with E-state index in [0.29, 0.717) is 11.3 Å². The lowest BCUT2D eigenvalue weighted by Crippen LogP contribution is -2.67. The fourth-order valence-electron chi connectivity index (χ4n) is 5.79. The Balaban J connectivity index is 2.05. The second-order valence-electron chi connectivity index (χ2n) is 9.24. The zero-order valence-electron chi connectivity index (χ0n) is 18.7. The van der Waals surface area contributed by atoms with Crippen molar-refractivity contribution in [3.8, 4) is 0 Å². The van der Waals surface area contributed by atoms with E-state index in [1.165, 1.54) is 32.0 Å². The van der Waals surface area contributed by atoms with E-state index >= 15 is 0 Å². The SMILES string of the molecule is CNc1cccc2c1[C@@](C)(O)[C@H]1C[C@H]3[C@H](N(C)C)C(=O)C(C(N)=O)=C(O)[C@@]3(O)C(=O)C1=C2O. The minimum atomic E-state index is -2.68. The number of nitrogens with one attached hydrogen (secondary N) is 1. The molecule has 1 aromatic rings. The largest absolute Gasteiger partial charge is 0.508 e. The number of carbonyl (C=O) groups excluding carboxylic acids is 3. The van der Waals surface area contributed by atoms with Crippen molar-refractivity contribution >= 4 is 28.9 Å². The second-order valence-corrected chi connectivity index (χ2v) is 9.24. The minimum absolute atomic E-state index is 0.142. The van der Waals surface area contributed by atoms with Crippen molar-refractivity contribution in [1.82, 2.24) is 4.90 Å². The summed E-state index contributed by atoms with van der Waals surface area (Å²) in [5.41, 5.74) is 0.945. The van der Waals surface area contributed by atoms with Crippen LogP contribution in [-0.4, -0.2) is 75.6 Å². The molecular formula is C23H27N3O7. The minimum Gasteiger partial charge on any atom is -0.508 e. The summed E-state index contributed by atoms with van der Waals surface area (Å²) < 4.78 is 0. The van der Waals surface area contributed by atoms with E-state index in [-0.39, 0.29) is 17.6 Å². The molecule has 176 valence electrons. The summed E-state index contributed by atoms with van der Waals surface area (Å²) >= 11 is 0. The number of carbonyl (C=O) groups is 3. The third-order valence-corrected chi connectivity index (χ3v) is 7.29. The second kappa shape index (κ2) is 7.14. The predicted octanol–water partition coefficient (Wildman–Crippen LogP) is -0.0349. The molecule has 7 N–H and O–H groups in total. The highest BCUT2D eigenvalue weighted by Crippen LogP contribution is 2.57. The van der Waals surface area contributed by atoms with Crippen LogP contribution in [0.3, 0.4) is 0 Å². The number of anilines is 1. The number of Topliss-reactive ketones (excluding diaryl/α,β-unsaturated/α-hetero) is 2. The average molecular weight is 457 g/mol. The van der Waals surface area contributed by atoms with Crippen LogP contribution >= 0.6 is 0 Å². The number of hydrogen-bond donors (Lipinski definition) is 6. The van der Waals surface area contributed by atoms with Gasteiger partial charge in [0, 0.05) is 41.3 Å². The molecule has 4 rings (SSSR count). The van der Waals surface area contributed by atoms with Crippen LogP contribution in [0.4, 0.5) is 5.69 Å². The number of nitrogens with zero attached hydrogens (tertiary/aromatic N) is 1. The van der Waals surface area contributed by atoms with E-state index in [1.54, 1.807) is 19.2 Å². The molecule has 1 amide bonds. The van der Waals surface area contributed by atoms with Gasteiger partial charge in [-0.2, -0.15) is 0 Å². The van der Waals surface area contributed by atoms with Gasteiger partial charge in [0.25, 0.3) is 5.91 Å². The van der Waals surface area contributed by atoms with Gasteiger partial charge in [-0.05, 0) is 33.5 Å². The maximum absolute atomic E-state index is 13.8. The Morgan fingerprint density at radius 2 is 1.85 bits per heavy atom.